The summed E-state index contributed by atoms with van der Waals surface area (Å²) in [4.78, 5) is 0. The normalized spacial score (nSPS) is 10.3. The summed E-state index contributed by atoms with van der Waals surface area (Å²) < 4.78 is 13.0. The van der Waals surface area contributed by atoms with Gasteiger partial charge in [0.25, 0.3) is 0 Å². The van der Waals surface area contributed by atoms with Gasteiger partial charge in [0.1, 0.15) is 5.82 Å². The summed E-state index contributed by atoms with van der Waals surface area (Å²) in [7, 11) is 0. The van der Waals surface area contributed by atoms with Crippen LogP contribution in [0.1, 0.15) is 12.5 Å². The van der Waals surface area contributed by atoms with Crippen LogP contribution in [0.2, 0.25) is 0 Å². The summed E-state index contributed by atoms with van der Waals surface area (Å²) in [6, 6.07) is 14.7. The van der Waals surface area contributed by atoms with E-state index in [2.05, 4.69) is 0 Å². The lowest BCUT2D eigenvalue weighted by Gasteiger charge is -2.02. The molecule has 1 heteroatoms. The van der Waals surface area contributed by atoms with Gasteiger partial charge in [0.05, 0.1) is 0 Å². The highest BCUT2D eigenvalue weighted by atomic mass is 19.1. The van der Waals surface area contributed by atoms with Crippen molar-refractivity contribution in [1.82, 2.24) is 0 Å². The summed E-state index contributed by atoms with van der Waals surface area (Å²) in [6.45, 7) is 2.00. The van der Waals surface area contributed by atoms with E-state index in [1.165, 1.54) is 11.6 Å². The molecule has 0 bridgehead atoms. The van der Waals surface area contributed by atoms with E-state index in [-0.39, 0.29) is 5.82 Å². The largest absolute Gasteiger partial charge is 0.207 e. The second-order valence-electron chi connectivity index (χ2n) is 3.42. The highest BCUT2D eigenvalue weighted by Crippen LogP contribution is 2.20. The van der Waals surface area contributed by atoms with Crippen LogP contribution in [0.5, 0.6) is 0 Å². The molecule has 0 heterocycles. The fraction of sp³-hybridized carbons (Fsp3) is 0.0714. The summed E-state index contributed by atoms with van der Waals surface area (Å²) in [5.41, 5.74) is 3.13. The first-order valence-corrected chi connectivity index (χ1v) is 4.95. The van der Waals surface area contributed by atoms with Gasteiger partial charge in [-0.15, -0.1) is 0 Å². The molecule has 0 atom stereocenters. The van der Waals surface area contributed by atoms with Crippen molar-refractivity contribution in [2.75, 3.05) is 0 Å². The second-order valence-corrected chi connectivity index (χ2v) is 3.42. The molecule has 2 aromatic rings. The molecule has 0 aliphatic rings. The lowest BCUT2D eigenvalue weighted by Crippen LogP contribution is -1.81. The number of halogens is 1. The molecule has 0 aliphatic heterocycles. The third-order valence-corrected chi connectivity index (χ3v) is 2.40. The van der Waals surface area contributed by atoms with Crippen molar-refractivity contribution in [3.8, 4) is 11.1 Å². The van der Waals surface area contributed by atoms with Gasteiger partial charge in [0.15, 0.2) is 0 Å². The summed E-state index contributed by atoms with van der Waals surface area (Å²) in [5, 5.41) is 0. The Bertz CT molecular complexity index is 443. The van der Waals surface area contributed by atoms with Crippen LogP contribution in [-0.2, 0) is 0 Å². The molecular formula is C14H12F. The average Bonchev–Trinajstić information content (AvgIpc) is 2.29. The molecule has 2 aromatic carbocycles. The van der Waals surface area contributed by atoms with E-state index in [4.69, 9.17) is 0 Å². The molecule has 0 aromatic heterocycles. The maximum atomic E-state index is 13.0. The standard InChI is InChI=1S/C14H12F/c1-2-11-6-8-12(9-7-11)13-4-3-5-14(15)10-13/h2-10H,1H3. The monoisotopic (exact) mass is 199 g/mol. The first-order valence-electron chi connectivity index (χ1n) is 4.95. The van der Waals surface area contributed by atoms with E-state index in [1.54, 1.807) is 12.1 Å². The molecule has 15 heavy (non-hydrogen) atoms. The maximum absolute atomic E-state index is 13.0. The van der Waals surface area contributed by atoms with Crippen molar-refractivity contribution in [2.24, 2.45) is 0 Å². The Morgan fingerprint density at radius 1 is 0.933 bits per heavy atom. The van der Waals surface area contributed by atoms with Gasteiger partial charge in [-0.1, -0.05) is 43.3 Å². The van der Waals surface area contributed by atoms with Gasteiger partial charge in [-0.05, 0) is 35.2 Å². The van der Waals surface area contributed by atoms with Crippen molar-refractivity contribution in [3.63, 3.8) is 0 Å². The Labute approximate surface area is 89.4 Å². The topological polar surface area (TPSA) is 0 Å². The molecule has 0 fully saturated rings. The minimum absolute atomic E-state index is 0.196. The SMILES string of the molecule is C[CH]c1ccc(-c2cccc(F)c2)cc1. The van der Waals surface area contributed by atoms with Crippen molar-refractivity contribution < 1.29 is 4.39 Å². The van der Waals surface area contributed by atoms with Gasteiger partial charge < -0.3 is 0 Å². The van der Waals surface area contributed by atoms with E-state index in [0.717, 1.165) is 11.1 Å². The Morgan fingerprint density at radius 2 is 1.67 bits per heavy atom. The van der Waals surface area contributed by atoms with Crippen LogP contribution in [0.25, 0.3) is 11.1 Å². The molecule has 2 rings (SSSR count). The zero-order valence-electron chi connectivity index (χ0n) is 8.57. The van der Waals surface area contributed by atoms with Gasteiger partial charge in [0.2, 0.25) is 0 Å². The average molecular weight is 199 g/mol. The maximum Gasteiger partial charge on any atom is 0.123 e. The quantitative estimate of drug-likeness (QED) is 0.684. The van der Waals surface area contributed by atoms with E-state index in [1.807, 2.05) is 43.7 Å². The number of hydrogen-bond donors (Lipinski definition) is 0. The summed E-state index contributed by atoms with van der Waals surface area (Å²) >= 11 is 0. The number of hydrogen-bond acceptors (Lipinski definition) is 0. The minimum atomic E-state index is -0.196. The highest BCUT2D eigenvalue weighted by molar-refractivity contribution is 5.63. The Balaban J connectivity index is 2.37. The van der Waals surface area contributed by atoms with Crippen molar-refractivity contribution in [2.45, 2.75) is 6.92 Å². The lowest BCUT2D eigenvalue weighted by molar-refractivity contribution is 0.628. The molecule has 1 radical (unpaired) electrons. The smallest absolute Gasteiger partial charge is 0.123 e. The fourth-order valence-electron chi connectivity index (χ4n) is 1.54. The van der Waals surface area contributed by atoms with Crippen LogP contribution in [0, 0.1) is 12.2 Å². The first kappa shape index (κ1) is 9.91. The Kier molecular flexibility index (Phi) is 2.82. The van der Waals surface area contributed by atoms with Gasteiger partial charge in [-0.3, -0.25) is 0 Å². The minimum Gasteiger partial charge on any atom is -0.207 e. The molecule has 0 amide bonds. The molecule has 0 aliphatic carbocycles. The van der Waals surface area contributed by atoms with Gasteiger partial charge in [-0.25, -0.2) is 4.39 Å². The van der Waals surface area contributed by atoms with Crippen molar-refractivity contribution >= 4 is 0 Å². The molecule has 0 unspecified atom stereocenters. The van der Waals surface area contributed by atoms with Crippen LogP contribution in [-0.4, -0.2) is 0 Å². The molecular weight excluding hydrogens is 187 g/mol. The van der Waals surface area contributed by atoms with Crippen LogP contribution < -0.4 is 0 Å². The van der Waals surface area contributed by atoms with E-state index in [0.29, 0.717) is 0 Å². The van der Waals surface area contributed by atoms with Crippen molar-refractivity contribution in [3.05, 3.63) is 66.3 Å². The van der Waals surface area contributed by atoms with Gasteiger partial charge in [-0.2, -0.15) is 0 Å². The predicted octanol–water partition coefficient (Wildman–Crippen LogP) is 4.06. The first-order chi connectivity index (χ1) is 7.29. The molecule has 0 spiro atoms. The number of rotatable bonds is 2. The third kappa shape index (κ3) is 2.24. The second kappa shape index (κ2) is 4.26. The fourth-order valence-corrected chi connectivity index (χ4v) is 1.54. The highest BCUT2D eigenvalue weighted by Gasteiger charge is 1.98. The summed E-state index contributed by atoms with van der Waals surface area (Å²) in [6.07, 6.45) is 2.04. The predicted molar refractivity (Wildman–Crippen MR) is 60.9 cm³/mol. The van der Waals surface area contributed by atoms with Crippen LogP contribution in [0.15, 0.2) is 48.5 Å². The van der Waals surface area contributed by atoms with Gasteiger partial charge >= 0.3 is 0 Å². The molecule has 0 nitrogen and oxygen atoms in total. The van der Waals surface area contributed by atoms with Gasteiger partial charge in [0, 0.05) is 0 Å². The van der Waals surface area contributed by atoms with Crippen LogP contribution in [0.3, 0.4) is 0 Å². The van der Waals surface area contributed by atoms with E-state index in [9.17, 15) is 4.39 Å². The lowest BCUT2D eigenvalue weighted by atomic mass is 10.0. The third-order valence-electron chi connectivity index (χ3n) is 2.40. The zero-order valence-corrected chi connectivity index (χ0v) is 8.57. The molecule has 0 saturated carbocycles. The molecule has 0 N–H and O–H groups in total. The zero-order chi connectivity index (χ0) is 10.7. The molecule has 75 valence electrons. The molecule has 0 saturated heterocycles. The van der Waals surface area contributed by atoms with Crippen LogP contribution in [0.4, 0.5) is 4.39 Å². The van der Waals surface area contributed by atoms with E-state index >= 15 is 0 Å². The van der Waals surface area contributed by atoms with E-state index < -0.39 is 0 Å². The number of benzene rings is 2. The Morgan fingerprint density at radius 3 is 2.27 bits per heavy atom. The van der Waals surface area contributed by atoms with Crippen LogP contribution >= 0.6 is 0 Å². The Hall–Kier alpha value is -1.63. The summed E-state index contributed by atoms with van der Waals surface area (Å²) in [5.74, 6) is -0.196. The van der Waals surface area contributed by atoms with Crippen molar-refractivity contribution in [1.29, 1.82) is 0 Å².